The lowest BCUT2D eigenvalue weighted by atomic mass is 10.0. The predicted octanol–water partition coefficient (Wildman–Crippen LogP) is 4.94. The first-order valence-electron chi connectivity index (χ1n) is 8.71. The molecular weight excluding hydrogens is 266 g/mol. The smallest absolute Gasteiger partial charge is 0.00675 e. The third-order valence-electron chi connectivity index (χ3n) is 5.53. The van der Waals surface area contributed by atoms with Crippen LogP contribution in [0.3, 0.4) is 0 Å². The van der Waals surface area contributed by atoms with Gasteiger partial charge in [-0.3, -0.25) is 0 Å². The average molecular weight is 291 g/mol. The quantitative estimate of drug-likeness (QED) is 0.771. The van der Waals surface area contributed by atoms with E-state index in [2.05, 4.69) is 66.4 Å². The van der Waals surface area contributed by atoms with Crippen LogP contribution in [0.5, 0.6) is 0 Å². The summed E-state index contributed by atoms with van der Waals surface area (Å²) in [6.07, 6.45) is 4.17. The van der Waals surface area contributed by atoms with E-state index in [1.807, 2.05) is 0 Å². The van der Waals surface area contributed by atoms with E-state index < -0.39 is 0 Å². The van der Waals surface area contributed by atoms with Crippen molar-refractivity contribution < 1.29 is 0 Å². The summed E-state index contributed by atoms with van der Waals surface area (Å²) in [4.78, 5) is 2.70. The molecule has 0 bridgehead atoms. The van der Waals surface area contributed by atoms with Crippen LogP contribution in [0.2, 0.25) is 0 Å². The fourth-order valence-corrected chi connectivity index (χ4v) is 3.98. The number of hydrogen-bond acceptors (Lipinski definition) is 1. The van der Waals surface area contributed by atoms with Gasteiger partial charge in [0.25, 0.3) is 0 Å². The van der Waals surface area contributed by atoms with Gasteiger partial charge in [0.1, 0.15) is 0 Å². The van der Waals surface area contributed by atoms with Gasteiger partial charge >= 0.3 is 0 Å². The molecule has 3 atom stereocenters. The fourth-order valence-electron chi connectivity index (χ4n) is 3.98. The van der Waals surface area contributed by atoms with Crippen LogP contribution in [-0.4, -0.2) is 24.0 Å². The Hall–Kier alpha value is -1.60. The fraction of sp³-hybridized carbons (Fsp3) is 0.429. The van der Waals surface area contributed by atoms with E-state index in [1.54, 1.807) is 0 Å². The van der Waals surface area contributed by atoms with Crippen LogP contribution in [0.1, 0.15) is 37.7 Å². The van der Waals surface area contributed by atoms with Crippen LogP contribution < -0.4 is 0 Å². The standard InChI is InChI=1S/C21H25N/c1-16-6-5-13-22(16)15-20-14-21(20)19-11-9-18(10-12-19)17-7-3-2-4-8-17/h2-4,7-12,16,20-21H,5-6,13-15H2,1H3/t16-,20-,21-/m1/s1. The van der Waals surface area contributed by atoms with Gasteiger partial charge in [-0.1, -0.05) is 54.6 Å². The first-order chi connectivity index (χ1) is 10.8. The predicted molar refractivity (Wildman–Crippen MR) is 93.0 cm³/mol. The van der Waals surface area contributed by atoms with E-state index in [0.717, 1.165) is 17.9 Å². The molecule has 114 valence electrons. The monoisotopic (exact) mass is 291 g/mol. The Balaban J connectivity index is 1.40. The summed E-state index contributed by atoms with van der Waals surface area (Å²) in [5.41, 5.74) is 4.18. The summed E-state index contributed by atoms with van der Waals surface area (Å²) in [7, 11) is 0. The molecule has 1 nitrogen and oxygen atoms in total. The van der Waals surface area contributed by atoms with Crippen molar-refractivity contribution in [2.45, 2.75) is 38.1 Å². The van der Waals surface area contributed by atoms with Crippen molar-refractivity contribution in [1.29, 1.82) is 0 Å². The van der Waals surface area contributed by atoms with E-state index >= 15 is 0 Å². The van der Waals surface area contributed by atoms with Crippen molar-refractivity contribution in [3.05, 3.63) is 60.2 Å². The topological polar surface area (TPSA) is 3.24 Å². The lowest BCUT2D eigenvalue weighted by molar-refractivity contribution is 0.256. The van der Waals surface area contributed by atoms with Gasteiger partial charge in [0.2, 0.25) is 0 Å². The maximum Gasteiger partial charge on any atom is 0.00675 e. The van der Waals surface area contributed by atoms with Gasteiger partial charge < -0.3 is 4.90 Å². The van der Waals surface area contributed by atoms with Crippen LogP contribution in [0.4, 0.5) is 0 Å². The van der Waals surface area contributed by atoms with Gasteiger partial charge in [-0.2, -0.15) is 0 Å². The highest BCUT2D eigenvalue weighted by molar-refractivity contribution is 5.63. The van der Waals surface area contributed by atoms with Crippen molar-refractivity contribution in [2.24, 2.45) is 5.92 Å². The zero-order chi connectivity index (χ0) is 14.9. The summed E-state index contributed by atoms with van der Waals surface area (Å²) in [5.74, 6) is 1.70. The molecule has 0 spiro atoms. The van der Waals surface area contributed by atoms with E-state index in [1.165, 1.54) is 49.0 Å². The zero-order valence-electron chi connectivity index (χ0n) is 13.4. The second-order valence-corrected chi connectivity index (χ2v) is 7.08. The number of rotatable bonds is 4. The number of nitrogens with zero attached hydrogens (tertiary/aromatic N) is 1. The average Bonchev–Trinajstić information content (AvgIpc) is 3.23. The highest BCUT2D eigenvalue weighted by Gasteiger charge is 2.40. The second-order valence-electron chi connectivity index (χ2n) is 7.08. The third kappa shape index (κ3) is 2.83. The SMILES string of the molecule is C[C@@H]1CCCN1C[C@H]1C[C@@H]1c1ccc(-c2ccccc2)cc1. The molecule has 1 aliphatic carbocycles. The van der Waals surface area contributed by atoms with Crippen LogP contribution in [0, 0.1) is 5.92 Å². The largest absolute Gasteiger partial charge is 0.300 e. The molecular formula is C21H25N. The van der Waals surface area contributed by atoms with Crippen LogP contribution in [0.25, 0.3) is 11.1 Å². The number of likely N-dealkylation sites (tertiary alicyclic amines) is 1. The molecule has 22 heavy (non-hydrogen) atoms. The Morgan fingerprint density at radius 2 is 1.68 bits per heavy atom. The molecule has 4 rings (SSSR count). The van der Waals surface area contributed by atoms with Gasteiger partial charge in [0.05, 0.1) is 0 Å². The first-order valence-corrected chi connectivity index (χ1v) is 8.71. The molecule has 0 radical (unpaired) electrons. The van der Waals surface area contributed by atoms with E-state index in [0.29, 0.717) is 0 Å². The summed E-state index contributed by atoms with van der Waals surface area (Å²) < 4.78 is 0. The maximum absolute atomic E-state index is 2.70. The van der Waals surface area contributed by atoms with E-state index in [9.17, 15) is 0 Å². The Bertz CT molecular complexity index is 616. The maximum atomic E-state index is 2.70. The summed E-state index contributed by atoms with van der Waals surface area (Å²) in [6, 6.07) is 20.7. The normalized spacial score (nSPS) is 28.0. The highest BCUT2D eigenvalue weighted by atomic mass is 15.2. The Morgan fingerprint density at radius 3 is 2.36 bits per heavy atom. The molecule has 0 N–H and O–H groups in total. The molecule has 1 saturated heterocycles. The lowest BCUT2D eigenvalue weighted by Gasteiger charge is -2.20. The number of benzene rings is 2. The molecule has 2 aromatic rings. The van der Waals surface area contributed by atoms with Crippen molar-refractivity contribution in [2.75, 3.05) is 13.1 Å². The zero-order valence-corrected chi connectivity index (χ0v) is 13.4. The molecule has 2 aliphatic rings. The van der Waals surface area contributed by atoms with E-state index in [-0.39, 0.29) is 0 Å². The van der Waals surface area contributed by atoms with Crippen LogP contribution >= 0.6 is 0 Å². The minimum absolute atomic E-state index is 0.803. The molecule has 1 saturated carbocycles. The van der Waals surface area contributed by atoms with Gasteiger partial charge in [-0.15, -0.1) is 0 Å². The first kappa shape index (κ1) is 14.0. The molecule has 1 heteroatoms. The van der Waals surface area contributed by atoms with Crippen molar-refractivity contribution in [3.8, 4) is 11.1 Å². The van der Waals surface area contributed by atoms with Gasteiger partial charge in [-0.25, -0.2) is 0 Å². The molecule has 2 fully saturated rings. The Kier molecular flexibility index (Phi) is 3.75. The summed E-state index contributed by atoms with van der Waals surface area (Å²) >= 11 is 0. The molecule has 0 unspecified atom stereocenters. The minimum atomic E-state index is 0.803. The van der Waals surface area contributed by atoms with Crippen LogP contribution in [-0.2, 0) is 0 Å². The van der Waals surface area contributed by atoms with Crippen molar-refractivity contribution in [1.82, 2.24) is 4.90 Å². The van der Waals surface area contributed by atoms with Gasteiger partial charge in [0, 0.05) is 12.6 Å². The number of hydrogen-bond donors (Lipinski definition) is 0. The van der Waals surface area contributed by atoms with Gasteiger partial charge in [-0.05, 0) is 61.3 Å². The van der Waals surface area contributed by atoms with Crippen molar-refractivity contribution >= 4 is 0 Å². The lowest BCUT2D eigenvalue weighted by Crippen LogP contribution is -2.29. The van der Waals surface area contributed by atoms with Gasteiger partial charge in [0.15, 0.2) is 0 Å². The highest BCUT2D eigenvalue weighted by Crippen LogP contribution is 2.48. The van der Waals surface area contributed by atoms with E-state index in [4.69, 9.17) is 0 Å². The van der Waals surface area contributed by atoms with Crippen molar-refractivity contribution in [3.63, 3.8) is 0 Å². The Morgan fingerprint density at radius 1 is 0.955 bits per heavy atom. The summed E-state index contributed by atoms with van der Waals surface area (Å²) in [6.45, 7) is 5.02. The minimum Gasteiger partial charge on any atom is -0.300 e. The second kappa shape index (κ2) is 5.89. The third-order valence-corrected chi connectivity index (χ3v) is 5.53. The van der Waals surface area contributed by atoms with Crippen LogP contribution in [0.15, 0.2) is 54.6 Å². The summed E-state index contributed by atoms with van der Waals surface area (Å²) in [5, 5.41) is 0. The molecule has 0 aromatic heterocycles. The molecule has 1 heterocycles. The molecule has 1 aliphatic heterocycles. The Labute approximate surface area is 134 Å². The molecule has 2 aromatic carbocycles. The molecule has 0 amide bonds.